The van der Waals surface area contributed by atoms with Crippen molar-refractivity contribution in [2.24, 2.45) is 16.8 Å². The highest BCUT2D eigenvalue weighted by molar-refractivity contribution is 5.80. The minimum Gasteiger partial charge on any atom is -0.493 e. The van der Waals surface area contributed by atoms with Gasteiger partial charge in [0.2, 0.25) is 0 Å². The Bertz CT molecular complexity index is 635. The molecule has 0 radical (unpaired) electrons. The summed E-state index contributed by atoms with van der Waals surface area (Å²) in [6.07, 6.45) is 4.17. The summed E-state index contributed by atoms with van der Waals surface area (Å²) in [7, 11) is 3.25. The van der Waals surface area contributed by atoms with Crippen LogP contribution < -0.4 is 10.1 Å². The Hall–Kier alpha value is -2.24. The smallest absolute Gasteiger partial charge is 0.308 e. The van der Waals surface area contributed by atoms with Crippen molar-refractivity contribution >= 4 is 11.9 Å². The molecule has 0 unspecified atom stereocenters. The van der Waals surface area contributed by atoms with Gasteiger partial charge in [0, 0.05) is 32.2 Å². The number of piperidine rings is 1. The normalized spacial score (nSPS) is 18.5. The standard InChI is InChI=1S/C20H29N3O3/c1-21-20(23-11-9-16(10-12-23)19(24)25-2)22-13-17-5-3-4-6-18(17)26-14-15-7-8-15/h3-6,15-16H,7-14H2,1-2H3,(H,21,22). The fourth-order valence-corrected chi connectivity index (χ4v) is 3.28. The molecule has 0 bridgehead atoms. The molecule has 0 spiro atoms. The number of carbonyl (C=O) groups is 1. The van der Waals surface area contributed by atoms with Crippen LogP contribution in [0.1, 0.15) is 31.2 Å². The quantitative estimate of drug-likeness (QED) is 0.480. The van der Waals surface area contributed by atoms with Gasteiger partial charge in [-0.2, -0.15) is 0 Å². The fourth-order valence-electron chi connectivity index (χ4n) is 3.28. The number of nitrogens with one attached hydrogen (secondary N) is 1. The largest absolute Gasteiger partial charge is 0.493 e. The van der Waals surface area contributed by atoms with Gasteiger partial charge in [-0.1, -0.05) is 18.2 Å². The molecule has 1 aromatic carbocycles. The van der Waals surface area contributed by atoms with Crippen molar-refractivity contribution < 1.29 is 14.3 Å². The molecular weight excluding hydrogens is 330 g/mol. The number of methoxy groups -OCH3 is 1. The summed E-state index contributed by atoms with van der Waals surface area (Å²) in [5.41, 5.74) is 1.14. The molecule has 1 saturated heterocycles. The van der Waals surface area contributed by atoms with Crippen LogP contribution in [0.5, 0.6) is 5.75 Å². The van der Waals surface area contributed by atoms with Gasteiger partial charge >= 0.3 is 5.97 Å². The van der Waals surface area contributed by atoms with Crippen molar-refractivity contribution in [3.05, 3.63) is 29.8 Å². The van der Waals surface area contributed by atoms with Gasteiger partial charge in [0.15, 0.2) is 5.96 Å². The predicted octanol–water partition coefficient (Wildman–Crippen LogP) is 2.44. The Balaban J connectivity index is 1.52. The van der Waals surface area contributed by atoms with Crippen LogP contribution in [0.3, 0.4) is 0 Å². The number of hydrogen-bond acceptors (Lipinski definition) is 4. The second-order valence-corrected chi connectivity index (χ2v) is 7.05. The first-order valence-electron chi connectivity index (χ1n) is 9.45. The minimum atomic E-state index is -0.102. The van der Waals surface area contributed by atoms with Crippen molar-refractivity contribution in [3.8, 4) is 5.75 Å². The lowest BCUT2D eigenvalue weighted by Crippen LogP contribution is -2.46. The summed E-state index contributed by atoms with van der Waals surface area (Å²) in [4.78, 5) is 18.3. The Morgan fingerprint density at radius 2 is 1.96 bits per heavy atom. The zero-order valence-electron chi connectivity index (χ0n) is 15.7. The lowest BCUT2D eigenvalue weighted by molar-refractivity contribution is -0.146. The van der Waals surface area contributed by atoms with E-state index in [0.717, 1.165) is 55.7 Å². The van der Waals surface area contributed by atoms with E-state index >= 15 is 0 Å². The fraction of sp³-hybridized carbons (Fsp3) is 0.600. The summed E-state index contributed by atoms with van der Waals surface area (Å²) < 4.78 is 10.8. The van der Waals surface area contributed by atoms with Crippen LogP contribution in [0.2, 0.25) is 0 Å². The number of aliphatic imine (C=N–C) groups is 1. The van der Waals surface area contributed by atoms with Crippen molar-refractivity contribution in [1.82, 2.24) is 10.2 Å². The van der Waals surface area contributed by atoms with Crippen LogP contribution in [0, 0.1) is 11.8 Å². The molecule has 1 aliphatic carbocycles. The number of rotatable bonds is 6. The summed E-state index contributed by atoms with van der Waals surface area (Å²) in [6.45, 7) is 3.09. The minimum absolute atomic E-state index is 0.00547. The van der Waals surface area contributed by atoms with Gasteiger partial charge in [0.1, 0.15) is 5.75 Å². The number of likely N-dealkylation sites (tertiary alicyclic amines) is 1. The first-order chi connectivity index (χ1) is 12.7. The summed E-state index contributed by atoms with van der Waals surface area (Å²) >= 11 is 0. The second-order valence-electron chi connectivity index (χ2n) is 7.05. The summed E-state index contributed by atoms with van der Waals surface area (Å²) in [5.74, 6) is 2.46. The molecule has 6 heteroatoms. The highest BCUT2D eigenvalue weighted by Crippen LogP contribution is 2.30. The number of hydrogen-bond donors (Lipinski definition) is 1. The molecule has 1 N–H and O–H groups in total. The summed E-state index contributed by atoms with van der Waals surface area (Å²) in [6, 6.07) is 8.17. The third-order valence-corrected chi connectivity index (χ3v) is 5.12. The van der Waals surface area contributed by atoms with E-state index in [0.29, 0.717) is 6.54 Å². The van der Waals surface area contributed by atoms with E-state index in [2.05, 4.69) is 21.3 Å². The average molecular weight is 359 g/mol. The Morgan fingerprint density at radius 3 is 2.62 bits per heavy atom. The SMILES string of the molecule is CN=C(NCc1ccccc1OCC1CC1)N1CCC(C(=O)OC)CC1. The van der Waals surface area contributed by atoms with E-state index in [4.69, 9.17) is 9.47 Å². The maximum absolute atomic E-state index is 11.7. The number of benzene rings is 1. The third-order valence-electron chi connectivity index (χ3n) is 5.12. The van der Waals surface area contributed by atoms with Gasteiger partial charge < -0.3 is 19.7 Å². The molecule has 142 valence electrons. The van der Waals surface area contributed by atoms with Crippen LogP contribution in [0.25, 0.3) is 0 Å². The van der Waals surface area contributed by atoms with Crippen LogP contribution in [-0.4, -0.2) is 50.7 Å². The van der Waals surface area contributed by atoms with Crippen molar-refractivity contribution in [2.45, 2.75) is 32.2 Å². The zero-order valence-corrected chi connectivity index (χ0v) is 15.7. The maximum Gasteiger partial charge on any atom is 0.308 e. The first-order valence-corrected chi connectivity index (χ1v) is 9.45. The van der Waals surface area contributed by atoms with Gasteiger partial charge in [-0.25, -0.2) is 0 Å². The van der Waals surface area contributed by atoms with Gasteiger partial charge in [-0.05, 0) is 37.7 Å². The molecule has 0 aromatic heterocycles. The van der Waals surface area contributed by atoms with Crippen LogP contribution in [0.15, 0.2) is 29.3 Å². The molecular formula is C20H29N3O3. The van der Waals surface area contributed by atoms with E-state index in [-0.39, 0.29) is 11.9 Å². The summed E-state index contributed by atoms with van der Waals surface area (Å²) in [5, 5.41) is 3.44. The van der Waals surface area contributed by atoms with Crippen LogP contribution in [0.4, 0.5) is 0 Å². The van der Waals surface area contributed by atoms with Crippen LogP contribution in [-0.2, 0) is 16.1 Å². The molecule has 0 amide bonds. The molecule has 1 aliphatic heterocycles. The number of ether oxygens (including phenoxy) is 2. The monoisotopic (exact) mass is 359 g/mol. The molecule has 26 heavy (non-hydrogen) atoms. The van der Waals surface area contributed by atoms with Gasteiger partial charge in [-0.3, -0.25) is 9.79 Å². The zero-order chi connectivity index (χ0) is 18.4. The Labute approximate surface area is 155 Å². The molecule has 1 heterocycles. The number of guanidine groups is 1. The second kappa shape index (κ2) is 8.92. The molecule has 6 nitrogen and oxygen atoms in total. The van der Waals surface area contributed by atoms with Crippen LogP contribution >= 0.6 is 0 Å². The highest BCUT2D eigenvalue weighted by Gasteiger charge is 2.27. The van der Waals surface area contributed by atoms with E-state index in [9.17, 15) is 4.79 Å². The average Bonchev–Trinajstić information content (AvgIpc) is 3.52. The molecule has 0 atom stereocenters. The highest BCUT2D eigenvalue weighted by atomic mass is 16.5. The molecule has 2 fully saturated rings. The lowest BCUT2D eigenvalue weighted by Gasteiger charge is -2.33. The number of carbonyl (C=O) groups excluding carboxylic acids is 1. The van der Waals surface area contributed by atoms with Crippen molar-refractivity contribution in [2.75, 3.05) is 33.9 Å². The first kappa shape index (κ1) is 18.5. The van der Waals surface area contributed by atoms with Crippen molar-refractivity contribution in [3.63, 3.8) is 0 Å². The topological polar surface area (TPSA) is 63.2 Å². The van der Waals surface area contributed by atoms with Crippen molar-refractivity contribution in [1.29, 1.82) is 0 Å². The number of para-hydroxylation sites is 1. The molecule has 3 rings (SSSR count). The van der Waals surface area contributed by atoms with E-state index < -0.39 is 0 Å². The van der Waals surface area contributed by atoms with E-state index in [1.54, 1.807) is 7.05 Å². The number of nitrogens with zero attached hydrogens (tertiary/aromatic N) is 2. The third kappa shape index (κ3) is 4.90. The Kier molecular flexibility index (Phi) is 6.36. The molecule has 2 aliphatic rings. The van der Waals surface area contributed by atoms with E-state index in [1.807, 2.05) is 18.2 Å². The van der Waals surface area contributed by atoms with Gasteiger partial charge in [-0.15, -0.1) is 0 Å². The molecule has 1 saturated carbocycles. The van der Waals surface area contributed by atoms with Gasteiger partial charge in [0.05, 0.1) is 19.6 Å². The maximum atomic E-state index is 11.7. The number of esters is 1. The lowest BCUT2D eigenvalue weighted by atomic mass is 9.97. The van der Waals surface area contributed by atoms with Gasteiger partial charge in [0.25, 0.3) is 0 Å². The van der Waals surface area contributed by atoms with E-state index in [1.165, 1.54) is 20.0 Å². The Morgan fingerprint density at radius 1 is 1.23 bits per heavy atom. The molecule has 1 aromatic rings. The predicted molar refractivity (Wildman–Crippen MR) is 101 cm³/mol.